The zero-order valence-corrected chi connectivity index (χ0v) is 15.0. The molecule has 116 valence electrons. The molecule has 0 aliphatic carbocycles. The summed E-state index contributed by atoms with van der Waals surface area (Å²) in [4.78, 5) is 16.4. The van der Waals surface area contributed by atoms with Crippen LogP contribution in [0.25, 0.3) is 11.3 Å². The van der Waals surface area contributed by atoms with E-state index in [9.17, 15) is 4.79 Å². The van der Waals surface area contributed by atoms with Crippen molar-refractivity contribution in [2.45, 2.75) is 6.92 Å². The molecule has 1 aromatic carbocycles. The fourth-order valence-electron chi connectivity index (χ4n) is 2.17. The number of nitrogens with zero attached hydrogens (tertiary/aromatic N) is 2. The van der Waals surface area contributed by atoms with Gasteiger partial charge in [-0.2, -0.15) is 5.10 Å². The van der Waals surface area contributed by atoms with Gasteiger partial charge in [0.05, 0.1) is 11.3 Å². The number of benzene rings is 1. The second-order valence-electron chi connectivity index (χ2n) is 4.89. The van der Waals surface area contributed by atoms with Crippen molar-refractivity contribution < 1.29 is 4.79 Å². The molecule has 0 saturated carbocycles. The van der Waals surface area contributed by atoms with Gasteiger partial charge in [0.15, 0.2) is 5.82 Å². The number of nitrogens with one attached hydrogen (secondary N) is 2. The summed E-state index contributed by atoms with van der Waals surface area (Å²) in [6, 6.07) is 8.96. The SMILES string of the molecule is Cc1c(NC(=O)c2cc(Cl)ccc2I)n[nH]c1-c1ccncc1. The molecule has 0 saturated heterocycles. The summed E-state index contributed by atoms with van der Waals surface area (Å²) in [5, 5.41) is 10.5. The highest BCUT2D eigenvalue weighted by atomic mass is 127. The molecule has 0 radical (unpaired) electrons. The Kier molecular flexibility index (Phi) is 4.63. The first kappa shape index (κ1) is 15.9. The maximum absolute atomic E-state index is 12.4. The number of hydrogen-bond acceptors (Lipinski definition) is 3. The summed E-state index contributed by atoms with van der Waals surface area (Å²) in [7, 11) is 0. The highest BCUT2D eigenvalue weighted by molar-refractivity contribution is 14.1. The molecule has 0 atom stereocenters. The molecule has 5 nitrogen and oxygen atoms in total. The third-order valence-electron chi connectivity index (χ3n) is 3.38. The number of rotatable bonds is 3. The van der Waals surface area contributed by atoms with Crippen LogP contribution in [0.5, 0.6) is 0 Å². The van der Waals surface area contributed by atoms with E-state index in [1.807, 2.05) is 19.1 Å². The van der Waals surface area contributed by atoms with Crippen LogP contribution in [-0.4, -0.2) is 21.1 Å². The number of hydrogen-bond donors (Lipinski definition) is 2. The van der Waals surface area contributed by atoms with Crippen molar-refractivity contribution >= 4 is 45.9 Å². The highest BCUT2D eigenvalue weighted by Crippen LogP contribution is 2.26. The standard InChI is InChI=1S/C16H12ClIN4O/c1-9-14(10-4-6-19-7-5-10)21-22-15(9)20-16(23)12-8-11(17)2-3-13(12)18/h2-8H,1H3,(H2,20,21,22,23). The molecule has 23 heavy (non-hydrogen) atoms. The number of aromatic amines is 1. The van der Waals surface area contributed by atoms with Crippen molar-refractivity contribution in [3.8, 4) is 11.3 Å². The Morgan fingerprint density at radius 3 is 2.74 bits per heavy atom. The van der Waals surface area contributed by atoms with Crippen LogP contribution >= 0.6 is 34.2 Å². The van der Waals surface area contributed by atoms with Gasteiger partial charge in [0, 0.05) is 32.1 Å². The molecule has 0 aliphatic heterocycles. The van der Waals surface area contributed by atoms with Gasteiger partial charge in [-0.25, -0.2) is 0 Å². The first-order valence-electron chi connectivity index (χ1n) is 6.78. The first-order chi connectivity index (χ1) is 11.1. The van der Waals surface area contributed by atoms with E-state index in [1.54, 1.807) is 30.6 Å². The minimum atomic E-state index is -0.243. The third kappa shape index (κ3) is 3.37. The number of anilines is 1. The molecule has 2 N–H and O–H groups in total. The second-order valence-corrected chi connectivity index (χ2v) is 6.49. The van der Waals surface area contributed by atoms with Crippen LogP contribution in [0.2, 0.25) is 5.02 Å². The van der Waals surface area contributed by atoms with Crippen molar-refractivity contribution in [2.75, 3.05) is 5.32 Å². The van der Waals surface area contributed by atoms with E-state index >= 15 is 0 Å². The number of halogens is 2. The smallest absolute Gasteiger partial charge is 0.257 e. The van der Waals surface area contributed by atoms with Gasteiger partial charge in [-0.1, -0.05) is 11.6 Å². The van der Waals surface area contributed by atoms with Gasteiger partial charge in [-0.15, -0.1) is 0 Å². The van der Waals surface area contributed by atoms with Crippen molar-refractivity contribution in [1.29, 1.82) is 0 Å². The Labute approximate surface area is 151 Å². The van der Waals surface area contributed by atoms with E-state index in [4.69, 9.17) is 11.6 Å². The largest absolute Gasteiger partial charge is 0.305 e. The Bertz CT molecular complexity index is 864. The molecule has 0 unspecified atom stereocenters. The fraction of sp³-hybridized carbons (Fsp3) is 0.0625. The predicted octanol–water partition coefficient (Wildman–Crippen LogP) is 4.29. The molecule has 2 heterocycles. The highest BCUT2D eigenvalue weighted by Gasteiger charge is 2.16. The van der Waals surface area contributed by atoms with Gasteiger partial charge in [-0.05, 0) is 59.8 Å². The molecule has 7 heteroatoms. The van der Waals surface area contributed by atoms with E-state index in [2.05, 4.69) is 43.1 Å². The van der Waals surface area contributed by atoms with E-state index < -0.39 is 0 Å². The van der Waals surface area contributed by atoms with E-state index in [-0.39, 0.29) is 5.91 Å². The topological polar surface area (TPSA) is 70.7 Å². The van der Waals surface area contributed by atoms with Crippen LogP contribution < -0.4 is 5.32 Å². The summed E-state index contributed by atoms with van der Waals surface area (Å²) in [6.07, 6.45) is 3.42. The Morgan fingerprint density at radius 2 is 2.00 bits per heavy atom. The Balaban J connectivity index is 1.88. The number of aromatic nitrogens is 3. The monoisotopic (exact) mass is 438 g/mol. The van der Waals surface area contributed by atoms with Crippen LogP contribution in [0.3, 0.4) is 0 Å². The number of H-pyrrole nitrogens is 1. The quantitative estimate of drug-likeness (QED) is 0.599. The lowest BCUT2D eigenvalue weighted by molar-refractivity contribution is 0.102. The van der Waals surface area contributed by atoms with E-state index in [1.165, 1.54) is 0 Å². The average Bonchev–Trinajstić information content (AvgIpc) is 2.91. The molecule has 2 aromatic heterocycles. The average molecular weight is 439 g/mol. The van der Waals surface area contributed by atoms with Crippen LogP contribution in [0, 0.1) is 10.5 Å². The molecule has 1 amide bonds. The van der Waals surface area contributed by atoms with Gasteiger partial charge >= 0.3 is 0 Å². The summed E-state index contributed by atoms with van der Waals surface area (Å²) < 4.78 is 0.826. The lowest BCUT2D eigenvalue weighted by Gasteiger charge is -2.06. The van der Waals surface area contributed by atoms with Gasteiger partial charge in [0.25, 0.3) is 5.91 Å². The lowest BCUT2D eigenvalue weighted by Crippen LogP contribution is -2.14. The van der Waals surface area contributed by atoms with Crippen molar-refractivity contribution in [2.24, 2.45) is 0 Å². The molecule has 0 fully saturated rings. The lowest BCUT2D eigenvalue weighted by atomic mass is 10.1. The van der Waals surface area contributed by atoms with Gasteiger partial charge in [-0.3, -0.25) is 14.9 Å². The van der Waals surface area contributed by atoms with E-state index in [0.717, 1.165) is 20.4 Å². The molecule has 0 aliphatic rings. The molecule has 0 spiro atoms. The third-order valence-corrected chi connectivity index (χ3v) is 4.56. The zero-order valence-electron chi connectivity index (χ0n) is 12.1. The summed E-state index contributed by atoms with van der Waals surface area (Å²) in [5.41, 5.74) is 3.19. The molecular weight excluding hydrogens is 427 g/mol. The van der Waals surface area contributed by atoms with Crippen LogP contribution in [0.15, 0.2) is 42.7 Å². The van der Waals surface area contributed by atoms with Crippen LogP contribution in [-0.2, 0) is 0 Å². The maximum atomic E-state index is 12.4. The van der Waals surface area contributed by atoms with Gasteiger partial charge in [0.2, 0.25) is 0 Å². The minimum Gasteiger partial charge on any atom is -0.305 e. The zero-order chi connectivity index (χ0) is 16.4. The summed E-state index contributed by atoms with van der Waals surface area (Å²) >= 11 is 8.07. The van der Waals surface area contributed by atoms with Crippen molar-refractivity contribution in [3.63, 3.8) is 0 Å². The fourth-order valence-corrected chi connectivity index (χ4v) is 2.92. The minimum absolute atomic E-state index is 0.243. The predicted molar refractivity (Wildman–Crippen MR) is 98.7 cm³/mol. The number of carbonyl (C=O) groups is 1. The molecular formula is C16H12ClIN4O. The molecule has 3 rings (SSSR count). The van der Waals surface area contributed by atoms with Crippen molar-refractivity contribution in [3.05, 3.63) is 62.4 Å². The Hall–Kier alpha value is -1.93. The van der Waals surface area contributed by atoms with Gasteiger partial charge in [0.1, 0.15) is 0 Å². The van der Waals surface area contributed by atoms with Crippen LogP contribution in [0.4, 0.5) is 5.82 Å². The summed E-state index contributed by atoms with van der Waals surface area (Å²) in [5.74, 6) is 0.255. The van der Waals surface area contributed by atoms with E-state index in [0.29, 0.717) is 16.4 Å². The van der Waals surface area contributed by atoms with Crippen molar-refractivity contribution in [1.82, 2.24) is 15.2 Å². The van der Waals surface area contributed by atoms with Gasteiger partial charge < -0.3 is 5.32 Å². The van der Waals surface area contributed by atoms with Crippen LogP contribution in [0.1, 0.15) is 15.9 Å². The molecule has 3 aromatic rings. The first-order valence-corrected chi connectivity index (χ1v) is 8.23. The number of pyridine rings is 1. The Morgan fingerprint density at radius 1 is 1.26 bits per heavy atom. The molecule has 0 bridgehead atoms. The number of amides is 1. The maximum Gasteiger partial charge on any atom is 0.257 e. The normalized spacial score (nSPS) is 10.6. The second kappa shape index (κ2) is 6.67. The number of carbonyl (C=O) groups excluding carboxylic acids is 1. The summed E-state index contributed by atoms with van der Waals surface area (Å²) in [6.45, 7) is 1.90.